The van der Waals surface area contributed by atoms with Crippen LogP contribution in [0.4, 0.5) is 0 Å². The van der Waals surface area contributed by atoms with Gasteiger partial charge in [0.25, 0.3) is 0 Å². The number of hydrogen-bond donors (Lipinski definition) is 3. The highest BCUT2D eigenvalue weighted by Gasteiger charge is 2.20. The van der Waals surface area contributed by atoms with E-state index in [4.69, 9.17) is 9.94 Å². The Kier molecular flexibility index (Phi) is 3.96. The van der Waals surface area contributed by atoms with Crippen LogP contribution in [0.1, 0.15) is 12.5 Å². The highest BCUT2D eigenvalue weighted by Crippen LogP contribution is 2.19. The standard InChI is InChI=1S/C13H16N2O3/c1-2-18-13(16)12(15-17)7-9-8-14-11-6-4-3-5-10(9)11/h3-6,8,12,14-15,17H,2,7H2,1H3/t12-/m1/s1. The highest BCUT2D eigenvalue weighted by atomic mass is 16.5. The van der Waals surface area contributed by atoms with Crippen LogP contribution in [0.3, 0.4) is 0 Å². The zero-order chi connectivity index (χ0) is 13.0. The number of carbonyl (C=O) groups is 1. The Hall–Kier alpha value is -1.85. The number of nitrogens with one attached hydrogen (secondary N) is 2. The fourth-order valence-corrected chi connectivity index (χ4v) is 1.94. The average Bonchev–Trinajstić information content (AvgIpc) is 2.79. The molecular weight excluding hydrogens is 232 g/mol. The maximum Gasteiger partial charge on any atom is 0.325 e. The first kappa shape index (κ1) is 12.6. The molecule has 3 N–H and O–H groups in total. The monoisotopic (exact) mass is 248 g/mol. The van der Waals surface area contributed by atoms with Crippen molar-refractivity contribution in [1.82, 2.24) is 10.5 Å². The number of fused-ring (bicyclic) bond motifs is 1. The lowest BCUT2D eigenvalue weighted by Gasteiger charge is -2.12. The van der Waals surface area contributed by atoms with Crippen LogP contribution in [-0.2, 0) is 16.0 Å². The van der Waals surface area contributed by atoms with Crippen LogP contribution in [0, 0.1) is 0 Å². The van der Waals surface area contributed by atoms with Crippen LogP contribution in [-0.4, -0.2) is 28.8 Å². The average molecular weight is 248 g/mol. The maximum absolute atomic E-state index is 11.6. The molecule has 2 rings (SSSR count). The quantitative estimate of drug-likeness (QED) is 0.555. The third-order valence-electron chi connectivity index (χ3n) is 2.83. The fraction of sp³-hybridized carbons (Fsp3) is 0.308. The van der Waals surface area contributed by atoms with Gasteiger partial charge in [0.15, 0.2) is 0 Å². The van der Waals surface area contributed by atoms with Crippen LogP contribution >= 0.6 is 0 Å². The predicted octanol–water partition coefficient (Wildman–Crippen LogP) is 1.62. The van der Waals surface area contributed by atoms with Gasteiger partial charge in [0.1, 0.15) is 6.04 Å². The summed E-state index contributed by atoms with van der Waals surface area (Å²) in [6.07, 6.45) is 2.22. The largest absolute Gasteiger partial charge is 0.465 e. The van der Waals surface area contributed by atoms with Crippen LogP contribution < -0.4 is 5.48 Å². The number of aromatic amines is 1. The Morgan fingerprint density at radius 1 is 1.50 bits per heavy atom. The van der Waals surface area contributed by atoms with E-state index in [0.29, 0.717) is 13.0 Å². The van der Waals surface area contributed by atoms with Gasteiger partial charge >= 0.3 is 5.97 Å². The first-order valence-corrected chi connectivity index (χ1v) is 5.87. The molecule has 96 valence electrons. The molecule has 18 heavy (non-hydrogen) atoms. The number of esters is 1. The molecule has 5 heteroatoms. The third-order valence-corrected chi connectivity index (χ3v) is 2.83. The molecule has 0 amide bonds. The molecule has 0 unspecified atom stereocenters. The number of carbonyl (C=O) groups excluding carboxylic acids is 1. The minimum Gasteiger partial charge on any atom is -0.465 e. The van der Waals surface area contributed by atoms with Gasteiger partial charge < -0.3 is 14.9 Å². The summed E-state index contributed by atoms with van der Waals surface area (Å²) in [7, 11) is 0. The Morgan fingerprint density at radius 3 is 3.00 bits per heavy atom. The van der Waals surface area contributed by atoms with E-state index in [1.54, 1.807) is 6.92 Å². The van der Waals surface area contributed by atoms with E-state index in [9.17, 15) is 4.79 Å². The van der Waals surface area contributed by atoms with E-state index in [0.717, 1.165) is 16.5 Å². The van der Waals surface area contributed by atoms with Crippen molar-refractivity contribution in [3.63, 3.8) is 0 Å². The van der Waals surface area contributed by atoms with E-state index in [1.807, 2.05) is 35.9 Å². The summed E-state index contributed by atoms with van der Waals surface area (Å²) in [5.41, 5.74) is 3.97. The van der Waals surface area contributed by atoms with Crippen molar-refractivity contribution in [3.05, 3.63) is 36.0 Å². The third kappa shape index (κ3) is 2.52. The first-order chi connectivity index (χ1) is 8.76. The smallest absolute Gasteiger partial charge is 0.325 e. The van der Waals surface area contributed by atoms with Crippen LogP contribution in [0.2, 0.25) is 0 Å². The number of rotatable bonds is 5. The number of H-pyrrole nitrogens is 1. The van der Waals surface area contributed by atoms with Crippen molar-refractivity contribution in [2.24, 2.45) is 0 Å². The van der Waals surface area contributed by atoms with Gasteiger partial charge in [0.2, 0.25) is 0 Å². The number of benzene rings is 1. The Balaban J connectivity index is 2.19. The molecule has 0 saturated heterocycles. The van der Waals surface area contributed by atoms with Crippen LogP contribution in [0.15, 0.2) is 30.5 Å². The molecule has 1 aromatic carbocycles. The molecule has 0 spiro atoms. The zero-order valence-electron chi connectivity index (χ0n) is 10.1. The van der Waals surface area contributed by atoms with Gasteiger partial charge in [-0.05, 0) is 18.6 Å². The van der Waals surface area contributed by atoms with Crippen molar-refractivity contribution in [2.75, 3.05) is 6.61 Å². The molecule has 0 radical (unpaired) electrons. The van der Waals surface area contributed by atoms with Crippen molar-refractivity contribution >= 4 is 16.9 Å². The minimum absolute atomic E-state index is 0.297. The molecule has 1 heterocycles. The van der Waals surface area contributed by atoms with Gasteiger partial charge in [-0.1, -0.05) is 18.2 Å². The maximum atomic E-state index is 11.6. The fourth-order valence-electron chi connectivity index (χ4n) is 1.94. The summed E-state index contributed by atoms with van der Waals surface area (Å²) in [6.45, 7) is 2.03. The van der Waals surface area contributed by atoms with Gasteiger partial charge in [0, 0.05) is 23.5 Å². The predicted molar refractivity (Wildman–Crippen MR) is 67.3 cm³/mol. The van der Waals surface area contributed by atoms with E-state index in [-0.39, 0.29) is 0 Å². The second-order valence-corrected chi connectivity index (χ2v) is 4.00. The molecule has 0 saturated carbocycles. The molecule has 2 aromatic rings. The van der Waals surface area contributed by atoms with Gasteiger partial charge in [0.05, 0.1) is 6.61 Å². The second-order valence-electron chi connectivity index (χ2n) is 4.00. The Labute approximate surface area is 105 Å². The molecule has 1 atom stereocenters. The zero-order valence-corrected chi connectivity index (χ0v) is 10.1. The number of aromatic nitrogens is 1. The summed E-state index contributed by atoms with van der Waals surface area (Å²) in [5.74, 6) is -0.453. The van der Waals surface area contributed by atoms with Gasteiger partial charge in [-0.3, -0.25) is 4.79 Å². The molecular formula is C13H16N2O3. The highest BCUT2D eigenvalue weighted by molar-refractivity contribution is 5.84. The summed E-state index contributed by atoms with van der Waals surface area (Å²) in [5, 5.41) is 10.1. The number of para-hydroxylation sites is 1. The minimum atomic E-state index is -0.746. The lowest BCUT2D eigenvalue weighted by Crippen LogP contribution is -2.37. The van der Waals surface area contributed by atoms with E-state index < -0.39 is 12.0 Å². The molecule has 1 aromatic heterocycles. The van der Waals surface area contributed by atoms with Crippen molar-refractivity contribution in [2.45, 2.75) is 19.4 Å². The number of ether oxygens (including phenoxy) is 1. The lowest BCUT2D eigenvalue weighted by atomic mass is 10.1. The number of hydroxylamine groups is 1. The normalized spacial score (nSPS) is 12.6. The van der Waals surface area contributed by atoms with Crippen molar-refractivity contribution in [1.29, 1.82) is 0 Å². The SMILES string of the molecule is CCOC(=O)[C@@H](Cc1c[nH]c2ccccc12)NO. The summed E-state index contributed by atoms with van der Waals surface area (Å²) in [4.78, 5) is 14.7. The summed E-state index contributed by atoms with van der Waals surface area (Å²) < 4.78 is 4.88. The van der Waals surface area contributed by atoms with Crippen molar-refractivity contribution in [3.8, 4) is 0 Å². The molecule has 5 nitrogen and oxygen atoms in total. The van der Waals surface area contributed by atoms with Crippen molar-refractivity contribution < 1.29 is 14.7 Å². The number of hydrogen-bond acceptors (Lipinski definition) is 4. The Morgan fingerprint density at radius 2 is 2.28 bits per heavy atom. The van der Waals surface area contributed by atoms with E-state index in [1.165, 1.54) is 0 Å². The summed E-state index contributed by atoms with van der Waals surface area (Å²) in [6, 6.07) is 7.07. The summed E-state index contributed by atoms with van der Waals surface area (Å²) >= 11 is 0. The van der Waals surface area contributed by atoms with Gasteiger partial charge in [-0.2, -0.15) is 5.48 Å². The molecule has 0 aliphatic heterocycles. The van der Waals surface area contributed by atoms with Gasteiger partial charge in [-0.25, -0.2) is 0 Å². The van der Waals surface area contributed by atoms with E-state index >= 15 is 0 Å². The second kappa shape index (κ2) is 5.66. The van der Waals surface area contributed by atoms with Crippen LogP contribution in [0.25, 0.3) is 10.9 Å². The molecule has 0 aliphatic rings. The molecule has 0 aliphatic carbocycles. The van der Waals surface area contributed by atoms with E-state index in [2.05, 4.69) is 4.98 Å². The topological polar surface area (TPSA) is 74.4 Å². The van der Waals surface area contributed by atoms with Crippen LogP contribution in [0.5, 0.6) is 0 Å². The molecule has 0 fully saturated rings. The Bertz CT molecular complexity index is 536. The lowest BCUT2D eigenvalue weighted by molar-refractivity contribution is -0.148. The first-order valence-electron chi connectivity index (χ1n) is 5.87. The molecule has 0 bridgehead atoms. The van der Waals surface area contributed by atoms with Gasteiger partial charge in [-0.15, -0.1) is 0 Å².